The number of halogens is 1. The van der Waals surface area contributed by atoms with Crippen molar-refractivity contribution in [3.63, 3.8) is 0 Å². The fraction of sp³-hybridized carbons (Fsp3) is 0.889. The molecule has 0 aromatic rings. The Hall–Kier alpha value is -0.0300. The molecule has 2 heteroatoms. The summed E-state index contributed by atoms with van der Waals surface area (Å²) in [5.74, 6) is 2.95. The molecule has 0 N–H and O–H groups in total. The van der Waals surface area contributed by atoms with Crippen molar-refractivity contribution in [3.05, 3.63) is 0 Å². The number of nitriles is 1. The Labute approximate surface area is 74.9 Å². The van der Waals surface area contributed by atoms with Gasteiger partial charge in [-0.15, -0.1) is 0 Å². The Bertz CT molecular complexity index is 265. The van der Waals surface area contributed by atoms with Gasteiger partial charge in [0.15, 0.2) is 0 Å². The molecule has 4 aliphatic carbocycles. The molecule has 1 nitrogen and oxygen atoms in total. The highest BCUT2D eigenvalue weighted by Gasteiger charge is 2.82. The van der Waals surface area contributed by atoms with Gasteiger partial charge in [-0.25, -0.2) is 0 Å². The van der Waals surface area contributed by atoms with Crippen molar-refractivity contribution >= 4 is 15.9 Å². The standard InChI is InChI=1S/C9H10BrN/c1-4-5-2-6-7(8(5)10)9(4,6)3-11/h4-8H,2H2,1H3. The molecule has 0 aromatic heterocycles. The summed E-state index contributed by atoms with van der Waals surface area (Å²) in [5.41, 5.74) is 0.124. The highest BCUT2D eigenvalue weighted by atomic mass is 79.9. The summed E-state index contributed by atoms with van der Waals surface area (Å²) in [6.07, 6.45) is 1.31. The van der Waals surface area contributed by atoms with Crippen LogP contribution in [0.25, 0.3) is 0 Å². The molecule has 0 aliphatic heterocycles. The topological polar surface area (TPSA) is 23.8 Å². The molecule has 0 saturated heterocycles. The molecule has 11 heavy (non-hydrogen) atoms. The van der Waals surface area contributed by atoms with E-state index in [4.69, 9.17) is 5.26 Å². The van der Waals surface area contributed by atoms with E-state index in [9.17, 15) is 0 Å². The van der Waals surface area contributed by atoms with Crippen LogP contribution in [-0.4, -0.2) is 4.83 Å². The van der Waals surface area contributed by atoms with Crippen molar-refractivity contribution in [2.45, 2.75) is 18.2 Å². The maximum absolute atomic E-state index is 9.08. The van der Waals surface area contributed by atoms with Gasteiger partial charge < -0.3 is 0 Å². The molecule has 4 bridgehead atoms. The zero-order valence-corrected chi connectivity index (χ0v) is 8.01. The van der Waals surface area contributed by atoms with E-state index in [0.29, 0.717) is 16.7 Å². The third-order valence-corrected chi connectivity index (χ3v) is 5.61. The zero-order valence-electron chi connectivity index (χ0n) is 6.42. The van der Waals surface area contributed by atoms with Crippen LogP contribution < -0.4 is 0 Å². The highest BCUT2D eigenvalue weighted by Crippen LogP contribution is 2.82. The highest BCUT2D eigenvalue weighted by molar-refractivity contribution is 9.09. The van der Waals surface area contributed by atoms with Crippen LogP contribution in [0.15, 0.2) is 0 Å². The van der Waals surface area contributed by atoms with Crippen molar-refractivity contribution in [3.8, 4) is 6.07 Å². The van der Waals surface area contributed by atoms with Crippen LogP contribution in [0, 0.1) is 40.4 Å². The van der Waals surface area contributed by atoms with Gasteiger partial charge in [-0.3, -0.25) is 0 Å². The predicted octanol–water partition coefficient (Wildman–Crippen LogP) is 2.18. The van der Waals surface area contributed by atoms with E-state index in [-0.39, 0.29) is 5.41 Å². The third kappa shape index (κ3) is 0.417. The minimum atomic E-state index is 0.124. The summed E-state index contributed by atoms with van der Waals surface area (Å²) in [6.45, 7) is 2.26. The summed E-state index contributed by atoms with van der Waals surface area (Å²) in [5, 5.41) is 9.08. The first-order valence-corrected chi connectivity index (χ1v) is 5.20. The van der Waals surface area contributed by atoms with Crippen LogP contribution in [0.2, 0.25) is 0 Å². The number of alkyl halides is 1. The third-order valence-electron chi connectivity index (χ3n) is 4.36. The van der Waals surface area contributed by atoms with Gasteiger partial charge in [-0.1, -0.05) is 22.9 Å². The van der Waals surface area contributed by atoms with E-state index in [0.717, 1.165) is 11.8 Å². The number of nitrogens with zero attached hydrogens (tertiary/aromatic N) is 1. The largest absolute Gasteiger partial charge is 0.198 e. The SMILES string of the molecule is CC1C2CC3C(C2Br)C13C#N. The van der Waals surface area contributed by atoms with Gasteiger partial charge in [-0.05, 0) is 30.1 Å². The van der Waals surface area contributed by atoms with Gasteiger partial charge >= 0.3 is 0 Å². The van der Waals surface area contributed by atoms with Crippen LogP contribution in [-0.2, 0) is 0 Å². The van der Waals surface area contributed by atoms with Gasteiger partial charge in [0.1, 0.15) is 0 Å². The zero-order chi connectivity index (χ0) is 7.80. The Morgan fingerprint density at radius 1 is 1.64 bits per heavy atom. The molecule has 6 atom stereocenters. The summed E-state index contributed by atoms with van der Waals surface area (Å²) >= 11 is 3.72. The van der Waals surface area contributed by atoms with Gasteiger partial charge in [0.05, 0.1) is 11.5 Å². The lowest BCUT2D eigenvalue weighted by molar-refractivity contribution is 0.409. The van der Waals surface area contributed by atoms with E-state index in [1.165, 1.54) is 6.42 Å². The maximum atomic E-state index is 9.08. The number of hydrogen-bond acceptors (Lipinski definition) is 1. The first-order chi connectivity index (χ1) is 5.23. The molecule has 0 amide bonds. The fourth-order valence-corrected chi connectivity index (χ4v) is 5.24. The van der Waals surface area contributed by atoms with Gasteiger partial charge in [0.25, 0.3) is 0 Å². The van der Waals surface area contributed by atoms with Crippen LogP contribution in [0.1, 0.15) is 13.3 Å². The minimum absolute atomic E-state index is 0.124. The molecular weight excluding hydrogens is 202 g/mol. The van der Waals surface area contributed by atoms with Crippen LogP contribution >= 0.6 is 15.9 Å². The maximum Gasteiger partial charge on any atom is 0.0699 e. The van der Waals surface area contributed by atoms with Crippen molar-refractivity contribution < 1.29 is 0 Å². The summed E-state index contributed by atoms with van der Waals surface area (Å²) in [6, 6.07) is 2.56. The van der Waals surface area contributed by atoms with Crippen LogP contribution in [0.5, 0.6) is 0 Å². The molecule has 4 aliphatic rings. The quantitative estimate of drug-likeness (QED) is 0.564. The average Bonchev–Trinajstić information content (AvgIpc) is 2.27. The van der Waals surface area contributed by atoms with E-state index >= 15 is 0 Å². The summed E-state index contributed by atoms with van der Waals surface area (Å²) in [7, 11) is 0. The van der Waals surface area contributed by atoms with Crippen molar-refractivity contribution in [1.29, 1.82) is 5.26 Å². The Morgan fingerprint density at radius 2 is 2.36 bits per heavy atom. The molecule has 0 radical (unpaired) electrons. The summed E-state index contributed by atoms with van der Waals surface area (Å²) in [4.78, 5) is 0.669. The molecule has 0 spiro atoms. The Morgan fingerprint density at radius 3 is 2.55 bits per heavy atom. The van der Waals surface area contributed by atoms with Crippen LogP contribution in [0.3, 0.4) is 0 Å². The van der Waals surface area contributed by atoms with E-state index in [1.807, 2.05) is 0 Å². The van der Waals surface area contributed by atoms with Crippen molar-refractivity contribution in [2.75, 3.05) is 0 Å². The van der Waals surface area contributed by atoms with E-state index < -0.39 is 0 Å². The Kier molecular flexibility index (Phi) is 0.896. The predicted molar refractivity (Wildman–Crippen MR) is 45.0 cm³/mol. The monoisotopic (exact) mass is 211 g/mol. The molecule has 4 saturated carbocycles. The first kappa shape index (κ1) is 6.48. The molecular formula is C9H10BrN. The van der Waals surface area contributed by atoms with E-state index in [1.54, 1.807) is 0 Å². The molecule has 0 aromatic carbocycles. The number of hydrogen-bond donors (Lipinski definition) is 0. The first-order valence-electron chi connectivity index (χ1n) is 4.29. The van der Waals surface area contributed by atoms with Gasteiger partial charge in [0.2, 0.25) is 0 Å². The molecule has 0 heterocycles. The van der Waals surface area contributed by atoms with Crippen molar-refractivity contribution in [2.24, 2.45) is 29.1 Å². The molecule has 6 unspecified atom stereocenters. The van der Waals surface area contributed by atoms with Gasteiger partial charge in [-0.2, -0.15) is 5.26 Å². The second-order valence-corrected chi connectivity index (χ2v) is 5.37. The lowest BCUT2D eigenvalue weighted by Gasteiger charge is -2.11. The second kappa shape index (κ2) is 1.52. The fourth-order valence-electron chi connectivity index (χ4n) is 3.76. The summed E-state index contributed by atoms with van der Waals surface area (Å²) < 4.78 is 0. The minimum Gasteiger partial charge on any atom is -0.198 e. The van der Waals surface area contributed by atoms with Gasteiger partial charge in [0, 0.05) is 4.83 Å². The molecule has 58 valence electrons. The smallest absolute Gasteiger partial charge is 0.0699 e. The molecule has 4 fully saturated rings. The average molecular weight is 212 g/mol. The normalized spacial score (nSPS) is 69.7. The second-order valence-electron chi connectivity index (χ2n) is 4.31. The lowest BCUT2D eigenvalue weighted by atomic mass is 9.93. The molecule has 4 rings (SSSR count). The Balaban J connectivity index is 2.12. The number of rotatable bonds is 0. The van der Waals surface area contributed by atoms with Crippen molar-refractivity contribution in [1.82, 2.24) is 0 Å². The lowest BCUT2D eigenvalue weighted by Crippen LogP contribution is -2.10. The van der Waals surface area contributed by atoms with Crippen LogP contribution in [0.4, 0.5) is 0 Å². The van der Waals surface area contributed by atoms with E-state index in [2.05, 4.69) is 28.9 Å².